The van der Waals surface area contributed by atoms with Gasteiger partial charge in [0.15, 0.2) is 0 Å². The number of anilines is 1. The third-order valence-corrected chi connectivity index (χ3v) is 7.98. The van der Waals surface area contributed by atoms with Gasteiger partial charge in [-0.25, -0.2) is 8.42 Å². The topological polar surface area (TPSA) is 105 Å². The summed E-state index contributed by atoms with van der Waals surface area (Å²) in [5.74, 6) is 0.384. The van der Waals surface area contributed by atoms with Gasteiger partial charge in [0.2, 0.25) is 11.8 Å². The summed E-state index contributed by atoms with van der Waals surface area (Å²) in [7, 11) is -1.05. The van der Waals surface area contributed by atoms with Crippen molar-refractivity contribution in [3.8, 4) is 11.5 Å². The molecule has 0 saturated carbocycles. The van der Waals surface area contributed by atoms with Crippen molar-refractivity contribution in [2.24, 2.45) is 0 Å². The number of rotatable bonds is 13. The van der Waals surface area contributed by atoms with E-state index in [1.807, 2.05) is 6.92 Å². The minimum atomic E-state index is -4.12. The number of hydrogen-bond donors (Lipinski definition) is 1. The SMILES string of the molecule is CCOc1ccc(N(CC(=O)N(Cc2ccc(OC)cc2)[C@H](CC)C(=O)NC)S(=O)(=O)c2ccccc2)cc1. The number of ether oxygens (including phenoxy) is 2. The van der Waals surface area contributed by atoms with Gasteiger partial charge in [0.1, 0.15) is 24.1 Å². The molecule has 0 radical (unpaired) electrons. The molecule has 0 aliphatic carbocycles. The first-order chi connectivity index (χ1) is 18.7. The van der Waals surface area contributed by atoms with Crippen LogP contribution in [0.3, 0.4) is 0 Å². The van der Waals surface area contributed by atoms with Crippen LogP contribution < -0.4 is 19.1 Å². The Morgan fingerprint density at radius 2 is 1.51 bits per heavy atom. The summed E-state index contributed by atoms with van der Waals surface area (Å²) in [6, 6.07) is 20.8. The molecule has 9 nitrogen and oxygen atoms in total. The summed E-state index contributed by atoms with van der Waals surface area (Å²) in [6.45, 7) is 3.72. The van der Waals surface area contributed by atoms with E-state index in [-0.39, 0.29) is 17.3 Å². The maximum Gasteiger partial charge on any atom is 0.264 e. The molecule has 0 aliphatic rings. The Kier molecular flexibility index (Phi) is 10.3. The van der Waals surface area contributed by atoms with Crippen molar-refractivity contribution in [3.05, 3.63) is 84.4 Å². The lowest BCUT2D eigenvalue weighted by molar-refractivity contribution is -0.140. The lowest BCUT2D eigenvalue weighted by Gasteiger charge is -2.33. The maximum absolute atomic E-state index is 13.9. The van der Waals surface area contributed by atoms with Crippen molar-refractivity contribution in [1.29, 1.82) is 0 Å². The molecule has 3 aromatic rings. The van der Waals surface area contributed by atoms with Crippen LogP contribution in [0.15, 0.2) is 83.8 Å². The summed E-state index contributed by atoms with van der Waals surface area (Å²) in [5.41, 5.74) is 1.07. The fraction of sp³-hybridized carbons (Fsp3) is 0.310. The van der Waals surface area contributed by atoms with E-state index in [9.17, 15) is 18.0 Å². The Bertz CT molecular complexity index is 1330. The highest BCUT2D eigenvalue weighted by Crippen LogP contribution is 2.27. The van der Waals surface area contributed by atoms with E-state index < -0.39 is 28.5 Å². The highest BCUT2D eigenvalue weighted by atomic mass is 32.2. The molecule has 0 spiro atoms. The summed E-state index contributed by atoms with van der Waals surface area (Å²) in [5, 5.41) is 2.62. The summed E-state index contributed by atoms with van der Waals surface area (Å²) in [6.07, 6.45) is 0.343. The third kappa shape index (κ3) is 7.29. The zero-order valence-corrected chi connectivity index (χ0v) is 23.5. The van der Waals surface area contributed by atoms with Crippen LogP contribution in [-0.2, 0) is 26.2 Å². The smallest absolute Gasteiger partial charge is 0.264 e. The van der Waals surface area contributed by atoms with Crippen LogP contribution in [0.25, 0.3) is 0 Å². The van der Waals surface area contributed by atoms with E-state index in [4.69, 9.17) is 9.47 Å². The summed E-state index contributed by atoms with van der Waals surface area (Å²) < 4.78 is 39.4. The molecule has 208 valence electrons. The molecule has 1 atom stereocenters. The highest BCUT2D eigenvalue weighted by Gasteiger charge is 2.33. The lowest BCUT2D eigenvalue weighted by Crippen LogP contribution is -2.51. The van der Waals surface area contributed by atoms with Crippen LogP contribution >= 0.6 is 0 Å². The first-order valence-electron chi connectivity index (χ1n) is 12.7. The number of benzene rings is 3. The molecule has 1 N–H and O–H groups in total. The van der Waals surface area contributed by atoms with Crippen molar-refractivity contribution >= 4 is 27.5 Å². The van der Waals surface area contributed by atoms with Crippen molar-refractivity contribution in [3.63, 3.8) is 0 Å². The van der Waals surface area contributed by atoms with Gasteiger partial charge in [-0.3, -0.25) is 13.9 Å². The lowest BCUT2D eigenvalue weighted by atomic mass is 10.1. The molecule has 0 aliphatic heterocycles. The molecular weight excluding hydrogens is 518 g/mol. The van der Waals surface area contributed by atoms with Crippen LogP contribution in [-0.4, -0.2) is 58.5 Å². The number of sulfonamides is 1. The van der Waals surface area contributed by atoms with Gasteiger partial charge in [0, 0.05) is 13.6 Å². The van der Waals surface area contributed by atoms with E-state index >= 15 is 0 Å². The predicted octanol–water partition coefficient (Wildman–Crippen LogP) is 3.84. The van der Waals surface area contributed by atoms with E-state index in [1.165, 1.54) is 24.1 Å². The van der Waals surface area contributed by atoms with Crippen molar-refractivity contribution in [1.82, 2.24) is 10.2 Å². The van der Waals surface area contributed by atoms with Gasteiger partial charge in [0.25, 0.3) is 10.0 Å². The number of likely N-dealkylation sites (N-methyl/N-ethyl adjacent to an activating group) is 1. The zero-order valence-electron chi connectivity index (χ0n) is 22.7. The molecule has 2 amide bonds. The van der Waals surface area contributed by atoms with Crippen molar-refractivity contribution in [2.45, 2.75) is 37.8 Å². The molecule has 0 saturated heterocycles. The average Bonchev–Trinajstić information content (AvgIpc) is 2.96. The Labute approximate surface area is 230 Å². The molecule has 0 unspecified atom stereocenters. The van der Waals surface area contributed by atoms with Gasteiger partial charge in [0.05, 0.1) is 24.3 Å². The number of carbonyl (C=O) groups excluding carboxylic acids is 2. The highest BCUT2D eigenvalue weighted by molar-refractivity contribution is 7.92. The Morgan fingerprint density at radius 3 is 2.05 bits per heavy atom. The predicted molar refractivity (Wildman–Crippen MR) is 150 cm³/mol. The summed E-state index contributed by atoms with van der Waals surface area (Å²) >= 11 is 0. The van der Waals surface area contributed by atoms with E-state index in [0.29, 0.717) is 30.2 Å². The van der Waals surface area contributed by atoms with E-state index in [2.05, 4.69) is 5.32 Å². The molecule has 10 heteroatoms. The van der Waals surface area contributed by atoms with Crippen molar-refractivity contribution < 1.29 is 27.5 Å². The Balaban J connectivity index is 2.03. The van der Waals surface area contributed by atoms with Crippen LogP contribution in [0.4, 0.5) is 5.69 Å². The largest absolute Gasteiger partial charge is 0.497 e. The number of nitrogens with one attached hydrogen (secondary N) is 1. The molecule has 3 aromatic carbocycles. The van der Waals surface area contributed by atoms with Gasteiger partial charge in [-0.2, -0.15) is 0 Å². The molecule has 0 bridgehead atoms. The normalized spacial score (nSPS) is 11.8. The fourth-order valence-electron chi connectivity index (χ4n) is 4.14. The van der Waals surface area contributed by atoms with Gasteiger partial charge in [-0.05, 0) is 67.4 Å². The van der Waals surface area contributed by atoms with Gasteiger partial charge in [-0.1, -0.05) is 37.3 Å². The van der Waals surface area contributed by atoms with E-state index in [1.54, 1.807) is 80.8 Å². The number of methoxy groups -OCH3 is 1. The van der Waals surface area contributed by atoms with Gasteiger partial charge < -0.3 is 19.7 Å². The molecule has 3 rings (SSSR count). The van der Waals surface area contributed by atoms with Crippen LogP contribution in [0.5, 0.6) is 11.5 Å². The Morgan fingerprint density at radius 1 is 0.897 bits per heavy atom. The fourth-order valence-corrected chi connectivity index (χ4v) is 5.57. The van der Waals surface area contributed by atoms with Crippen molar-refractivity contribution in [2.75, 3.05) is 31.6 Å². The Hall–Kier alpha value is -4.05. The standard InChI is InChI=1S/C29H35N3O6S/c1-5-27(29(34)30-3)31(20-22-12-16-24(37-4)17-13-22)28(33)21-32(23-14-18-25(19-15-23)38-6-2)39(35,36)26-10-8-7-9-11-26/h7-19,27H,5-6,20-21H2,1-4H3,(H,30,34)/t27-/m1/s1. The first-order valence-corrected chi connectivity index (χ1v) is 14.1. The van der Waals surface area contributed by atoms with Crippen LogP contribution in [0.1, 0.15) is 25.8 Å². The second kappa shape index (κ2) is 13.7. The van der Waals surface area contributed by atoms with Crippen LogP contribution in [0.2, 0.25) is 0 Å². The number of carbonyl (C=O) groups is 2. The minimum Gasteiger partial charge on any atom is -0.497 e. The second-order valence-electron chi connectivity index (χ2n) is 8.66. The molecule has 0 aromatic heterocycles. The monoisotopic (exact) mass is 553 g/mol. The zero-order chi connectivity index (χ0) is 28.4. The molecule has 0 heterocycles. The molecule has 0 fully saturated rings. The second-order valence-corrected chi connectivity index (χ2v) is 10.5. The minimum absolute atomic E-state index is 0.0479. The third-order valence-electron chi connectivity index (χ3n) is 6.19. The van der Waals surface area contributed by atoms with Crippen LogP contribution in [0, 0.1) is 0 Å². The number of amides is 2. The number of hydrogen-bond acceptors (Lipinski definition) is 6. The molecular formula is C29H35N3O6S. The number of nitrogens with zero attached hydrogens (tertiary/aromatic N) is 2. The first kappa shape index (κ1) is 29.5. The summed E-state index contributed by atoms with van der Waals surface area (Å²) in [4.78, 5) is 28.2. The van der Waals surface area contributed by atoms with Gasteiger partial charge in [-0.15, -0.1) is 0 Å². The quantitative estimate of drug-likeness (QED) is 0.345. The molecule has 39 heavy (non-hydrogen) atoms. The van der Waals surface area contributed by atoms with Gasteiger partial charge >= 0.3 is 0 Å². The maximum atomic E-state index is 13.9. The van der Waals surface area contributed by atoms with E-state index in [0.717, 1.165) is 9.87 Å². The average molecular weight is 554 g/mol.